The van der Waals surface area contributed by atoms with Crippen LogP contribution in [0.2, 0.25) is 0 Å². The summed E-state index contributed by atoms with van der Waals surface area (Å²) in [7, 11) is 0. The van der Waals surface area contributed by atoms with Crippen LogP contribution in [0, 0.1) is 17.3 Å². The van der Waals surface area contributed by atoms with Crippen molar-refractivity contribution in [2.75, 3.05) is 46.2 Å². The molecule has 5 nitrogen and oxygen atoms in total. The first-order valence-electron chi connectivity index (χ1n) is 16.5. The standard InChI is InChI=1S/C32H26F26O5/c33-21(34,23(37,38)25(41,42)27(45,46)29(49,50)31(53,54)55)8-11-60-13-20(15-62-19(63-16-20)18-6-4-17(5-7-18)3-1-2-10-59)14-61-12-9-22(35,36)24(39,40)26(43,44)28(47,48)30(51,52)32(56,57)58/h4-7,19,59H,2,8-16H2. The molecule has 63 heavy (non-hydrogen) atoms. The summed E-state index contributed by atoms with van der Waals surface area (Å²) in [5.74, 6) is -72.5. The van der Waals surface area contributed by atoms with Crippen LogP contribution < -0.4 is 0 Å². The fourth-order valence-corrected chi connectivity index (χ4v) is 4.84. The van der Waals surface area contributed by atoms with Gasteiger partial charge in [0.05, 0.1) is 51.7 Å². The summed E-state index contributed by atoms with van der Waals surface area (Å²) in [4.78, 5) is 0. The largest absolute Gasteiger partial charge is 0.460 e. The molecule has 1 aromatic rings. The third-order valence-corrected chi connectivity index (χ3v) is 8.67. The molecule has 31 heteroatoms. The van der Waals surface area contributed by atoms with E-state index in [4.69, 9.17) is 14.6 Å². The molecule has 1 fully saturated rings. The van der Waals surface area contributed by atoms with E-state index in [1.54, 1.807) is 0 Å². The van der Waals surface area contributed by atoms with Crippen LogP contribution in [0.1, 0.15) is 36.7 Å². The van der Waals surface area contributed by atoms with E-state index in [0.717, 1.165) is 0 Å². The van der Waals surface area contributed by atoms with Gasteiger partial charge in [0, 0.05) is 30.4 Å². The Balaban J connectivity index is 2.33. The van der Waals surface area contributed by atoms with E-state index in [2.05, 4.69) is 21.3 Å². The number of hydrogen-bond acceptors (Lipinski definition) is 5. The van der Waals surface area contributed by atoms with E-state index in [1.807, 2.05) is 0 Å². The van der Waals surface area contributed by atoms with E-state index in [9.17, 15) is 114 Å². The quantitative estimate of drug-likeness (QED) is 0.0802. The Labute approximate surface area is 334 Å². The predicted molar refractivity (Wildman–Crippen MR) is 155 cm³/mol. The van der Waals surface area contributed by atoms with Crippen molar-refractivity contribution in [3.63, 3.8) is 0 Å². The number of halogens is 26. The molecule has 366 valence electrons. The second-order valence-electron chi connectivity index (χ2n) is 13.5. The first-order valence-corrected chi connectivity index (χ1v) is 16.5. The molecule has 0 aliphatic carbocycles. The van der Waals surface area contributed by atoms with Gasteiger partial charge in [0.25, 0.3) is 0 Å². The fourth-order valence-electron chi connectivity index (χ4n) is 4.84. The molecule has 0 unspecified atom stereocenters. The number of aliphatic hydroxyl groups excluding tert-OH is 1. The molecule has 0 spiro atoms. The maximum absolute atomic E-state index is 14.3. The van der Waals surface area contributed by atoms with Gasteiger partial charge < -0.3 is 24.1 Å². The summed E-state index contributed by atoms with van der Waals surface area (Å²) in [6.45, 7) is -9.35. The molecular weight excluding hydrogens is 958 g/mol. The maximum atomic E-state index is 14.3. The first-order chi connectivity index (χ1) is 28.0. The van der Waals surface area contributed by atoms with Crippen LogP contribution >= 0.6 is 0 Å². The molecule has 1 N–H and O–H groups in total. The summed E-state index contributed by atoms with van der Waals surface area (Å²) < 4.78 is 369. The van der Waals surface area contributed by atoms with Crippen molar-refractivity contribution in [1.82, 2.24) is 0 Å². The minimum Gasteiger partial charge on any atom is -0.395 e. The summed E-state index contributed by atoms with van der Waals surface area (Å²) in [6.07, 6.45) is -22.7. The summed E-state index contributed by atoms with van der Waals surface area (Å²) in [5, 5.41) is 8.78. The molecule has 1 saturated heterocycles. The van der Waals surface area contributed by atoms with E-state index >= 15 is 0 Å². The number of benzene rings is 1. The van der Waals surface area contributed by atoms with Gasteiger partial charge in [-0.25, -0.2) is 0 Å². The Morgan fingerprint density at radius 2 is 0.841 bits per heavy atom. The second-order valence-corrected chi connectivity index (χ2v) is 13.5. The van der Waals surface area contributed by atoms with Crippen LogP contribution in [0.3, 0.4) is 0 Å². The van der Waals surface area contributed by atoms with Gasteiger partial charge in [-0.1, -0.05) is 24.0 Å². The molecule has 1 aromatic carbocycles. The van der Waals surface area contributed by atoms with Crippen LogP contribution in [-0.2, 0) is 18.9 Å². The highest BCUT2D eigenvalue weighted by molar-refractivity contribution is 5.36. The average molecular weight is 985 g/mol. The number of aliphatic hydroxyl groups is 1. The van der Waals surface area contributed by atoms with Gasteiger partial charge in [0.2, 0.25) is 0 Å². The van der Waals surface area contributed by atoms with Crippen LogP contribution in [-0.4, -0.2) is 123 Å². The minimum absolute atomic E-state index is 0.0511. The predicted octanol–water partition coefficient (Wildman–Crippen LogP) is 10.7. The van der Waals surface area contributed by atoms with E-state index in [1.165, 1.54) is 24.3 Å². The molecule has 1 aliphatic rings. The van der Waals surface area contributed by atoms with E-state index < -0.39 is 136 Å². The Morgan fingerprint density at radius 1 is 0.508 bits per heavy atom. The van der Waals surface area contributed by atoms with Crippen molar-refractivity contribution in [3.8, 4) is 11.8 Å². The molecule has 2 rings (SSSR count). The molecule has 1 heterocycles. The second kappa shape index (κ2) is 18.2. The van der Waals surface area contributed by atoms with Crippen LogP contribution in [0.25, 0.3) is 0 Å². The van der Waals surface area contributed by atoms with Crippen molar-refractivity contribution in [2.24, 2.45) is 5.41 Å². The highest BCUT2D eigenvalue weighted by atomic mass is 19.4. The third kappa shape index (κ3) is 10.3. The Kier molecular flexibility index (Phi) is 16.2. The lowest BCUT2D eigenvalue weighted by Crippen LogP contribution is -2.70. The molecule has 0 atom stereocenters. The summed E-state index contributed by atoms with van der Waals surface area (Å²) in [6, 6.07) is 5.21. The fraction of sp³-hybridized carbons (Fsp3) is 0.750. The molecular formula is C32H26F26O5. The smallest absolute Gasteiger partial charge is 0.395 e. The molecule has 0 bridgehead atoms. The lowest BCUT2D eigenvalue weighted by molar-refractivity contribution is -0.440. The van der Waals surface area contributed by atoms with E-state index in [-0.39, 0.29) is 18.6 Å². The zero-order valence-electron chi connectivity index (χ0n) is 30.4. The Hall–Kier alpha value is -3.24. The van der Waals surface area contributed by atoms with Crippen molar-refractivity contribution >= 4 is 0 Å². The zero-order valence-corrected chi connectivity index (χ0v) is 30.4. The summed E-state index contributed by atoms with van der Waals surface area (Å²) >= 11 is 0. The van der Waals surface area contributed by atoms with Gasteiger partial charge in [-0.15, -0.1) is 0 Å². The van der Waals surface area contributed by atoms with Crippen LogP contribution in [0.5, 0.6) is 0 Å². The number of rotatable bonds is 20. The summed E-state index contributed by atoms with van der Waals surface area (Å²) in [5.41, 5.74) is -1.88. The van der Waals surface area contributed by atoms with E-state index in [0.29, 0.717) is 5.56 Å². The SMILES string of the molecule is OCCC#Cc1ccc(C2OCC(COCCC(F)(F)C(F)(F)C(F)(F)C(F)(F)C(F)(F)C(F)(F)F)(COCCC(F)(F)C(F)(F)C(F)(F)C(F)(F)C(F)(F)C(F)(F)F)CO2)cc1. The number of ether oxygens (including phenoxy) is 4. The van der Waals surface area contributed by atoms with Crippen molar-refractivity contribution in [2.45, 2.75) is 97.1 Å². The Morgan fingerprint density at radius 3 is 1.16 bits per heavy atom. The van der Waals surface area contributed by atoms with Gasteiger partial charge in [-0.05, 0) is 12.1 Å². The first kappa shape index (κ1) is 55.9. The lowest BCUT2D eigenvalue weighted by Gasteiger charge is -2.41. The van der Waals surface area contributed by atoms with Gasteiger partial charge >= 0.3 is 71.6 Å². The van der Waals surface area contributed by atoms with Crippen LogP contribution in [0.15, 0.2) is 24.3 Å². The maximum Gasteiger partial charge on any atom is 0.460 e. The van der Waals surface area contributed by atoms with Gasteiger partial charge in [0.15, 0.2) is 6.29 Å². The normalized spacial score (nSPS) is 17.4. The molecule has 0 radical (unpaired) electrons. The molecule has 0 saturated carbocycles. The molecule has 1 aliphatic heterocycles. The third-order valence-electron chi connectivity index (χ3n) is 8.67. The zero-order chi connectivity index (χ0) is 49.4. The Bertz CT molecular complexity index is 1640. The number of hydrogen-bond donors (Lipinski definition) is 1. The topological polar surface area (TPSA) is 57.2 Å². The molecule has 0 amide bonds. The van der Waals surface area contributed by atoms with Crippen LogP contribution in [0.4, 0.5) is 114 Å². The van der Waals surface area contributed by atoms with Crippen molar-refractivity contribution in [1.29, 1.82) is 0 Å². The average Bonchev–Trinajstić information content (AvgIpc) is 3.14. The van der Waals surface area contributed by atoms with Gasteiger partial charge in [-0.3, -0.25) is 0 Å². The monoisotopic (exact) mass is 984 g/mol. The van der Waals surface area contributed by atoms with Crippen molar-refractivity contribution in [3.05, 3.63) is 35.4 Å². The highest BCUT2D eigenvalue weighted by Crippen LogP contribution is 2.62. The number of alkyl halides is 26. The molecule has 0 aromatic heterocycles. The van der Waals surface area contributed by atoms with Gasteiger partial charge in [-0.2, -0.15) is 114 Å². The lowest BCUT2D eigenvalue weighted by atomic mass is 9.90. The van der Waals surface area contributed by atoms with Crippen molar-refractivity contribution < 1.29 is 138 Å². The minimum atomic E-state index is -8.24. The van der Waals surface area contributed by atoms with Gasteiger partial charge in [0.1, 0.15) is 0 Å². The highest BCUT2D eigenvalue weighted by Gasteiger charge is 2.92.